The molecule has 1 aromatic carbocycles. The standard InChI is InChI=1S/C9H7Cl2NO2S/c1-6-2-3-7(5-12)9(8(6)4-10)15(11,13)14/h2-3H,4H2,1H3. The predicted molar refractivity (Wildman–Crippen MR) is 58.5 cm³/mol. The van der Waals surface area contributed by atoms with E-state index in [2.05, 4.69) is 0 Å². The Morgan fingerprint density at radius 3 is 2.47 bits per heavy atom. The first kappa shape index (κ1) is 12.3. The molecule has 0 fully saturated rings. The lowest BCUT2D eigenvalue weighted by Gasteiger charge is -2.08. The number of rotatable bonds is 2. The van der Waals surface area contributed by atoms with E-state index in [0.29, 0.717) is 11.1 Å². The first-order valence-electron chi connectivity index (χ1n) is 3.95. The van der Waals surface area contributed by atoms with Crippen LogP contribution in [-0.4, -0.2) is 8.42 Å². The van der Waals surface area contributed by atoms with Crippen LogP contribution in [0.1, 0.15) is 16.7 Å². The fourth-order valence-electron chi connectivity index (χ4n) is 1.26. The van der Waals surface area contributed by atoms with E-state index >= 15 is 0 Å². The topological polar surface area (TPSA) is 57.9 Å². The van der Waals surface area contributed by atoms with E-state index in [9.17, 15) is 8.42 Å². The number of benzene rings is 1. The third kappa shape index (κ3) is 2.43. The van der Waals surface area contributed by atoms with Crippen LogP contribution in [0.4, 0.5) is 0 Å². The summed E-state index contributed by atoms with van der Waals surface area (Å²) in [7, 11) is 1.32. The van der Waals surface area contributed by atoms with Gasteiger partial charge in [-0.3, -0.25) is 0 Å². The van der Waals surface area contributed by atoms with E-state index in [0.717, 1.165) is 0 Å². The molecule has 0 aliphatic rings. The molecule has 80 valence electrons. The van der Waals surface area contributed by atoms with Crippen LogP contribution in [0.3, 0.4) is 0 Å². The van der Waals surface area contributed by atoms with Gasteiger partial charge in [-0.15, -0.1) is 11.6 Å². The average Bonchev–Trinajstić information content (AvgIpc) is 2.15. The van der Waals surface area contributed by atoms with Gasteiger partial charge < -0.3 is 0 Å². The summed E-state index contributed by atoms with van der Waals surface area (Å²) in [6.45, 7) is 1.71. The predicted octanol–water partition coefficient (Wildman–Crippen LogP) is 2.53. The van der Waals surface area contributed by atoms with Crippen LogP contribution < -0.4 is 0 Å². The Bertz CT molecular complexity index is 532. The van der Waals surface area contributed by atoms with E-state index in [4.69, 9.17) is 27.5 Å². The van der Waals surface area contributed by atoms with E-state index in [1.54, 1.807) is 19.1 Å². The normalized spacial score (nSPS) is 11.1. The van der Waals surface area contributed by atoms with Gasteiger partial charge in [0.25, 0.3) is 9.05 Å². The molecule has 0 saturated heterocycles. The number of alkyl halides is 1. The molecule has 0 bridgehead atoms. The van der Waals surface area contributed by atoms with Crippen LogP contribution in [-0.2, 0) is 14.9 Å². The second kappa shape index (κ2) is 4.40. The molecular formula is C9H7Cl2NO2S. The van der Waals surface area contributed by atoms with Crippen molar-refractivity contribution in [2.45, 2.75) is 17.7 Å². The lowest BCUT2D eigenvalue weighted by atomic mass is 10.1. The van der Waals surface area contributed by atoms with Gasteiger partial charge in [0, 0.05) is 16.6 Å². The maximum atomic E-state index is 11.3. The Balaban J connectivity index is 3.73. The second-order valence-electron chi connectivity index (χ2n) is 2.92. The molecule has 6 heteroatoms. The third-order valence-electron chi connectivity index (χ3n) is 1.99. The maximum absolute atomic E-state index is 11.3. The number of hydrogen-bond donors (Lipinski definition) is 0. The summed E-state index contributed by atoms with van der Waals surface area (Å²) < 4.78 is 22.6. The molecular weight excluding hydrogens is 257 g/mol. The molecule has 1 rings (SSSR count). The van der Waals surface area contributed by atoms with Crippen molar-refractivity contribution >= 4 is 31.3 Å². The van der Waals surface area contributed by atoms with Gasteiger partial charge in [-0.05, 0) is 24.1 Å². The van der Waals surface area contributed by atoms with Crippen molar-refractivity contribution in [3.63, 3.8) is 0 Å². The first-order valence-corrected chi connectivity index (χ1v) is 6.79. The summed E-state index contributed by atoms with van der Waals surface area (Å²) in [6.07, 6.45) is 0. The zero-order valence-electron chi connectivity index (χ0n) is 7.79. The van der Waals surface area contributed by atoms with E-state index in [-0.39, 0.29) is 16.3 Å². The Morgan fingerprint density at radius 1 is 1.47 bits per heavy atom. The second-order valence-corrected chi connectivity index (χ2v) is 5.69. The average molecular weight is 264 g/mol. The molecule has 0 spiro atoms. The van der Waals surface area contributed by atoms with Crippen molar-refractivity contribution in [2.75, 3.05) is 0 Å². The van der Waals surface area contributed by atoms with Crippen LogP contribution in [0.15, 0.2) is 17.0 Å². The molecule has 0 aromatic heterocycles. The minimum absolute atomic E-state index is 0.00262. The summed E-state index contributed by atoms with van der Waals surface area (Å²) in [4.78, 5) is -0.179. The van der Waals surface area contributed by atoms with Gasteiger partial charge in [-0.25, -0.2) is 8.42 Å². The zero-order chi connectivity index (χ0) is 11.6. The minimum atomic E-state index is -3.95. The Hall–Kier alpha value is -0.760. The summed E-state index contributed by atoms with van der Waals surface area (Å²) in [5.41, 5.74) is 1.10. The van der Waals surface area contributed by atoms with Gasteiger partial charge in [0.15, 0.2) is 0 Å². The van der Waals surface area contributed by atoms with Crippen molar-refractivity contribution in [3.05, 3.63) is 28.8 Å². The molecule has 0 amide bonds. The van der Waals surface area contributed by atoms with E-state index in [1.807, 2.05) is 0 Å². The quantitative estimate of drug-likeness (QED) is 0.609. The van der Waals surface area contributed by atoms with E-state index in [1.165, 1.54) is 6.07 Å². The zero-order valence-corrected chi connectivity index (χ0v) is 10.1. The fourth-order valence-corrected chi connectivity index (χ4v) is 3.12. The number of aryl methyl sites for hydroxylation is 1. The van der Waals surface area contributed by atoms with Crippen LogP contribution in [0.2, 0.25) is 0 Å². The molecule has 0 N–H and O–H groups in total. The Morgan fingerprint density at radius 2 is 2.07 bits per heavy atom. The lowest BCUT2D eigenvalue weighted by molar-refractivity contribution is 0.608. The van der Waals surface area contributed by atoms with Crippen LogP contribution in [0.25, 0.3) is 0 Å². The van der Waals surface area contributed by atoms with Crippen molar-refractivity contribution in [1.29, 1.82) is 5.26 Å². The van der Waals surface area contributed by atoms with Gasteiger partial charge in [0.05, 0.1) is 5.56 Å². The molecule has 0 aliphatic carbocycles. The van der Waals surface area contributed by atoms with Crippen molar-refractivity contribution in [3.8, 4) is 6.07 Å². The van der Waals surface area contributed by atoms with Crippen LogP contribution in [0, 0.1) is 18.3 Å². The van der Waals surface area contributed by atoms with Gasteiger partial charge in [-0.1, -0.05) is 6.07 Å². The molecule has 0 unspecified atom stereocenters. The molecule has 3 nitrogen and oxygen atoms in total. The monoisotopic (exact) mass is 263 g/mol. The Labute approximate surface area is 97.7 Å². The van der Waals surface area contributed by atoms with Gasteiger partial charge in [0.2, 0.25) is 0 Å². The van der Waals surface area contributed by atoms with Crippen molar-refractivity contribution in [2.24, 2.45) is 0 Å². The molecule has 15 heavy (non-hydrogen) atoms. The van der Waals surface area contributed by atoms with Gasteiger partial charge in [0.1, 0.15) is 11.0 Å². The summed E-state index contributed by atoms with van der Waals surface area (Å²) >= 11 is 5.64. The molecule has 0 radical (unpaired) electrons. The smallest absolute Gasteiger partial charge is 0.207 e. The largest absolute Gasteiger partial charge is 0.262 e. The highest BCUT2D eigenvalue weighted by atomic mass is 35.7. The molecule has 0 saturated carbocycles. The molecule has 1 aromatic rings. The summed E-state index contributed by atoms with van der Waals surface area (Å²) in [6, 6.07) is 4.84. The molecule has 0 atom stereocenters. The third-order valence-corrected chi connectivity index (χ3v) is 3.68. The number of nitriles is 1. The van der Waals surface area contributed by atoms with Crippen LogP contribution in [0.5, 0.6) is 0 Å². The van der Waals surface area contributed by atoms with Gasteiger partial charge >= 0.3 is 0 Å². The Kier molecular flexibility index (Phi) is 3.61. The number of hydrogen-bond acceptors (Lipinski definition) is 3. The SMILES string of the molecule is Cc1ccc(C#N)c(S(=O)(=O)Cl)c1CCl. The first-order chi connectivity index (χ1) is 6.91. The highest BCUT2D eigenvalue weighted by molar-refractivity contribution is 8.13. The highest BCUT2D eigenvalue weighted by Crippen LogP contribution is 2.27. The minimum Gasteiger partial charge on any atom is -0.207 e. The maximum Gasteiger partial charge on any atom is 0.262 e. The lowest BCUT2D eigenvalue weighted by Crippen LogP contribution is -2.02. The van der Waals surface area contributed by atoms with Gasteiger partial charge in [-0.2, -0.15) is 5.26 Å². The van der Waals surface area contributed by atoms with Crippen molar-refractivity contribution in [1.82, 2.24) is 0 Å². The van der Waals surface area contributed by atoms with Crippen molar-refractivity contribution < 1.29 is 8.42 Å². The number of nitrogens with zero attached hydrogens (tertiary/aromatic N) is 1. The number of halogens is 2. The highest BCUT2D eigenvalue weighted by Gasteiger charge is 2.21. The van der Waals surface area contributed by atoms with E-state index < -0.39 is 9.05 Å². The summed E-state index contributed by atoms with van der Waals surface area (Å²) in [5.74, 6) is 0.00262. The van der Waals surface area contributed by atoms with Crippen LogP contribution >= 0.6 is 22.3 Å². The molecule has 0 heterocycles. The summed E-state index contributed by atoms with van der Waals surface area (Å²) in [5, 5.41) is 8.78. The molecule has 0 aliphatic heterocycles. The fraction of sp³-hybridized carbons (Fsp3) is 0.222.